The smallest absolute Gasteiger partial charge is 0.255 e. The van der Waals surface area contributed by atoms with Crippen LogP contribution in [-0.2, 0) is 4.74 Å². The van der Waals surface area contributed by atoms with Crippen molar-refractivity contribution >= 4 is 35.8 Å². The van der Waals surface area contributed by atoms with Gasteiger partial charge < -0.3 is 15.4 Å². The number of ether oxygens (including phenoxy) is 1. The molecule has 1 atom stereocenters. The van der Waals surface area contributed by atoms with Crippen molar-refractivity contribution in [2.45, 2.75) is 11.0 Å². The summed E-state index contributed by atoms with van der Waals surface area (Å²) in [5.41, 5.74) is 2.57. The van der Waals surface area contributed by atoms with Gasteiger partial charge in [-0.05, 0) is 48.2 Å². The van der Waals surface area contributed by atoms with Crippen LogP contribution in [0.3, 0.4) is 0 Å². The van der Waals surface area contributed by atoms with Crippen molar-refractivity contribution in [1.82, 2.24) is 5.32 Å². The van der Waals surface area contributed by atoms with Gasteiger partial charge in [0.15, 0.2) is 0 Å². The number of thioether (sulfide) groups is 1. The molecule has 1 aliphatic rings. The largest absolute Gasteiger partial charge is 0.371 e. The Bertz CT molecular complexity index is 656. The zero-order chi connectivity index (χ0) is 16.1. The fourth-order valence-electron chi connectivity index (χ4n) is 2.51. The lowest BCUT2D eigenvalue weighted by Crippen LogP contribution is -2.33. The first-order valence-corrected chi connectivity index (χ1v) is 8.86. The highest BCUT2D eigenvalue weighted by Crippen LogP contribution is 2.21. The molecule has 2 aromatic carbocycles. The van der Waals surface area contributed by atoms with Crippen LogP contribution in [-0.4, -0.2) is 31.9 Å². The third-order valence-corrected chi connectivity index (χ3v) is 4.56. The molecule has 4 nitrogen and oxygen atoms in total. The van der Waals surface area contributed by atoms with Gasteiger partial charge in [0.1, 0.15) is 0 Å². The average molecular weight is 365 g/mol. The highest BCUT2D eigenvalue weighted by Gasteiger charge is 2.15. The summed E-state index contributed by atoms with van der Waals surface area (Å²) in [5, 5.41) is 6.24. The van der Waals surface area contributed by atoms with E-state index >= 15 is 0 Å². The summed E-state index contributed by atoms with van der Waals surface area (Å²) in [5.74, 6) is -0.0963. The summed E-state index contributed by atoms with van der Waals surface area (Å²) in [6.07, 6.45) is 2.11. The quantitative estimate of drug-likeness (QED) is 0.811. The predicted molar refractivity (Wildman–Crippen MR) is 101 cm³/mol. The Kier molecular flexibility index (Phi) is 7.12. The standard InChI is InChI=1S/C18H20N2O2S.ClH/c1-23-16-8-4-14(5-9-16)18(21)20-15-6-2-13(3-7-15)17-12-19-10-11-22-17;/h2-9,17,19H,10-12H2,1H3,(H,20,21);1H. The summed E-state index contributed by atoms with van der Waals surface area (Å²) < 4.78 is 5.72. The molecule has 0 radical (unpaired) electrons. The number of rotatable bonds is 4. The molecule has 2 aromatic rings. The topological polar surface area (TPSA) is 50.4 Å². The minimum atomic E-state index is -0.0963. The van der Waals surface area contributed by atoms with Crippen molar-refractivity contribution in [3.8, 4) is 0 Å². The van der Waals surface area contributed by atoms with Crippen molar-refractivity contribution in [2.75, 3.05) is 31.3 Å². The van der Waals surface area contributed by atoms with Crippen LogP contribution in [0, 0.1) is 0 Å². The van der Waals surface area contributed by atoms with Crippen molar-refractivity contribution in [3.05, 3.63) is 59.7 Å². The average Bonchev–Trinajstić information content (AvgIpc) is 2.63. The van der Waals surface area contributed by atoms with Gasteiger partial charge in [-0.15, -0.1) is 24.2 Å². The highest BCUT2D eigenvalue weighted by molar-refractivity contribution is 7.98. The van der Waals surface area contributed by atoms with Crippen LogP contribution in [0.2, 0.25) is 0 Å². The molecule has 2 N–H and O–H groups in total. The Morgan fingerprint density at radius 1 is 1.17 bits per heavy atom. The summed E-state index contributed by atoms with van der Waals surface area (Å²) in [7, 11) is 0. The van der Waals surface area contributed by atoms with E-state index in [1.165, 1.54) is 0 Å². The molecule has 128 valence electrons. The number of anilines is 1. The number of nitrogens with one attached hydrogen (secondary N) is 2. The molecule has 0 aliphatic carbocycles. The molecule has 1 aliphatic heterocycles. The van der Waals surface area contributed by atoms with E-state index in [-0.39, 0.29) is 24.4 Å². The molecule has 6 heteroatoms. The normalized spacial score (nSPS) is 17.0. The van der Waals surface area contributed by atoms with Crippen LogP contribution in [0.4, 0.5) is 5.69 Å². The van der Waals surface area contributed by atoms with Crippen molar-refractivity contribution in [2.24, 2.45) is 0 Å². The fraction of sp³-hybridized carbons (Fsp3) is 0.278. The SMILES string of the molecule is CSc1ccc(C(=O)Nc2ccc(C3CNCCO3)cc2)cc1.Cl. The van der Waals surface area contributed by atoms with E-state index < -0.39 is 0 Å². The minimum absolute atomic E-state index is 0. The second-order valence-electron chi connectivity index (χ2n) is 5.37. The van der Waals surface area contributed by atoms with E-state index in [4.69, 9.17) is 4.74 Å². The molecule has 0 saturated carbocycles. The van der Waals surface area contributed by atoms with Gasteiger partial charge in [-0.25, -0.2) is 0 Å². The zero-order valence-electron chi connectivity index (χ0n) is 13.5. The number of carbonyl (C=O) groups is 1. The van der Waals surface area contributed by atoms with Gasteiger partial charge in [0, 0.05) is 29.2 Å². The molecule has 0 spiro atoms. The van der Waals surface area contributed by atoms with E-state index in [9.17, 15) is 4.79 Å². The molecule has 0 aromatic heterocycles. The lowest BCUT2D eigenvalue weighted by atomic mass is 10.1. The van der Waals surface area contributed by atoms with Gasteiger partial charge in [-0.3, -0.25) is 4.79 Å². The van der Waals surface area contributed by atoms with Gasteiger partial charge in [0.2, 0.25) is 0 Å². The van der Waals surface area contributed by atoms with Gasteiger partial charge >= 0.3 is 0 Å². The molecular weight excluding hydrogens is 344 g/mol. The Morgan fingerprint density at radius 2 is 1.88 bits per heavy atom. The lowest BCUT2D eigenvalue weighted by Gasteiger charge is -2.24. The Labute approximate surface area is 152 Å². The number of hydrogen-bond acceptors (Lipinski definition) is 4. The molecular formula is C18H21ClN2O2S. The number of morpholine rings is 1. The number of benzene rings is 2. The van der Waals surface area contributed by atoms with Crippen molar-refractivity contribution in [1.29, 1.82) is 0 Å². The third kappa shape index (κ3) is 4.74. The van der Waals surface area contributed by atoms with Crippen LogP contribution in [0.5, 0.6) is 0 Å². The predicted octanol–water partition coefficient (Wildman–Crippen LogP) is 3.74. The van der Waals surface area contributed by atoms with E-state index in [1.54, 1.807) is 11.8 Å². The lowest BCUT2D eigenvalue weighted by molar-refractivity contribution is 0.0277. The van der Waals surface area contributed by atoms with Crippen LogP contribution >= 0.6 is 24.2 Å². The maximum absolute atomic E-state index is 12.2. The summed E-state index contributed by atoms with van der Waals surface area (Å²) in [4.78, 5) is 13.4. The number of halogens is 1. The van der Waals surface area contributed by atoms with Gasteiger partial charge in [-0.2, -0.15) is 0 Å². The summed E-state index contributed by atoms with van der Waals surface area (Å²) >= 11 is 1.66. The van der Waals surface area contributed by atoms with Crippen LogP contribution in [0.1, 0.15) is 22.0 Å². The molecule has 24 heavy (non-hydrogen) atoms. The maximum Gasteiger partial charge on any atom is 0.255 e. The Hall–Kier alpha value is -1.53. The first-order valence-electron chi connectivity index (χ1n) is 7.64. The number of amides is 1. The second kappa shape index (κ2) is 9.08. The van der Waals surface area contributed by atoms with Crippen LogP contribution < -0.4 is 10.6 Å². The monoisotopic (exact) mass is 364 g/mol. The molecule has 0 bridgehead atoms. The van der Waals surface area contributed by atoms with E-state index in [2.05, 4.69) is 10.6 Å². The molecule has 1 amide bonds. The van der Waals surface area contributed by atoms with Crippen molar-refractivity contribution < 1.29 is 9.53 Å². The van der Waals surface area contributed by atoms with E-state index in [1.807, 2.05) is 54.8 Å². The Balaban J connectivity index is 0.00000208. The zero-order valence-corrected chi connectivity index (χ0v) is 15.1. The van der Waals surface area contributed by atoms with Gasteiger partial charge in [-0.1, -0.05) is 12.1 Å². The first-order chi connectivity index (χ1) is 11.3. The fourth-order valence-corrected chi connectivity index (χ4v) is 2.91. The molecule has 1 unspecified atom stereocenters. The van der Waals surface area contributed by atoms with Crippen LogP contribution in [0.15, 0.2) is 53.4 Å². The minimum Gasteiger partial charge on any atom is -0.371 e. The van der Waals surface area contributed by atoms with E-state index in [0.29, 0.717) is 5.56 Å². The first kappa shape index (κ1) is 18.8. The number of carbonyl (C=O) groups excluding carboxylic acids is 1. The Morgan fingerprint density at radius 3 is 2.46 bits per heavy atom. The maximum atomic E-state index is 12.2. The van der Waals surface area contributed by atoms with E-state index in [0.717, 1.165) is 35.8 Å². The van der Waals surface area contributed by atoms with Gasteiger partial charge in [0.25, 0.3) is 5.91 Å². The molecule has 3 rings (SSSR count). The second-order valence-corrected chi connectivity index (χ2v) is 6.25. The summed E-state index contributed by atoms with van der Waals surface area (Å²) in [6, 6.07) is 15.4. The van der Waals surface area contributed by atoms with Gasteiger partial charge in [0.05, 0.1) is 12.7 Å². The summed E-state index contributed by atoms with van der Waals surface area (Å²) in [6.45, 7) is 2.46. The van der Waals surface area contributed by atoms with Crippen LogP contribution in [0.25, 0.3) is 0 Å². The molecule has 1 heterocycles. The third-order valence-electron chi connectivity index (χ3n) is 3.82. The molecule has 1 fully saturated rings. The van der Waals surface area contributed by atoms with Crippen molar-refractivity contribution in [3.63, 3.8) is 0 Å². The highest BCUT2D eigenvalue weighted by atomic mass is 35.5. The number of hydrogen-bond donors (Lipinski definition) is 2. The molecule has 1 saturated heterocycles.